The number of rotatable bonds is 9. The van der Waals surface area contributed by atoms with Gasteiger partial charge < -0.3 is 15.2 Å². The van der Waals surface area contributed by atoms with Crippen molar-refractivity contribution in [2.24, 2.45) is 11.1 Å². The van der Waals surface area contributed by atoms with E-state index in [4.69, 9.17) is 15.2 Å². The van der Waals surface area contributed by atoms with E-state index in [0.717, 1.165) is 45.9 Å². The van der Waals surface area contributed by atoms with E-state index in [0.29, 0.717) is 6.10 Å². The van der Waals surface area contributed by atoms with Gasteiger partial charge in [-0.2, -0.15) is 0 Å². The first-order valence-corrected chi connectivity index (χ1v) is 7.61. The second-order valence-corrected chi connectivity index (χ2v) is 6.09. The molecule has 1 aliphatic rings. The van der Waals surface area contributed by atoms with Crippen molar-refractivity contribution in [1.29, 1.82) is 0 Å². The van der Waals surface area contributed by atoms with Gasteiger partial charge in [0.1, 0.15) is 0 Å². The fourth-order valence-electron chi connectivity index (χ4n) is 2.86. The molecule has 4 heteroatoms. The molecule has 0 aromatic heterocycles. The van der Waals surface area contributed by atoms with Crippen molar-refractivity contribution in [2.45, 2.75) is 52.7 Å². The molecule has 2 atom stereocenters. The van der Waals surface area contributed by atoms with E-state index in [1.165, 1.54) is 0 Å². The number of hydrogen-bond acceptors (Lipinski definition) is 4. The molecule has 0 amide bonds. The predicted octanol–water partition coefficient (Wildman–Crippen LogP) is 1.88. The van der Waals surface area contributed by atoms with E-state index in [1.807, 2.05) is 13.8 Å². The van der Waals surface area contributed by atoms with Gasteiger partial charge in [0, 0.05) is 37.3 Å². The Labute approximate surface area is 118 Å². The van der Waals surface area contributed by atoms with E-state index >= 15 is 0 Å². The molecule has 1 rings (SSSR count). The molecule has 1 aliphatic carbocycles. The summed E-state index contributed by atoms with van der Waals surface area (Å²) in [6, 6.07) is 0. The highest BCUT2D eigenvalue weighted by Crippen LogP contribution is 2.49. The molecular weight excluding hydrogens is 240 g/mol. The quantitative estimate of drug-likeness (QED) is 0.651. The maximum absolute atomic E-state index is 6.62. The van der Waals surface area contributed by atoms with Crippen LogP contribution in [0, 0.1) is 5.41 Å². The average molecular weight is 272 g/mol. The van der Waals surface area contributed by atoms with Crippen LogP contribution >= 0.6 is 0 Å². The van der Waals surface area contributed by atoms with Gasteiger partial charge in [-0.05, 0) is 26.8 Å². The molecule has 0 radical (unpaired) electrons. The van der Waals surface area contributed by atoms with Crippen molar-refractivity contribution >= 4 is 0 Å². The van der Waals surface area contributed by atoms with Crippen molar-refractivity contribution in [1.82, 2.24) is 4.90 Å². The Balaban J connectivity index is 2.50. The Morgan fingerprint density at radius 2 is 1.89 bits per heavy atom. The van der Waals surface area contributed by atoms with Crippen LogP contribution in [0.3, 0.4) is 0 Å². The molecule has 1 fully saturated rings. The van der Waals surface area contributed by atoms with Gasteiger partial charge >= 0.3 is 0 Å². The van der Waals surface area contributed by atoms with Crippen molar-refractivity contribution in [3.63, 3.8) is 0 Å². The van der Waals surface area contributed by atoms with Gasteiger partial charge in [0.2, 0.25) is 0 Å². The Bertz CT molecular complexity index is 271. The average Bonchev–Trinajstić information content (AvgIpc) is 2.37. The minimum Gasteiger partial charge on any atom is -0.380 e. The molecule has 4 nitrogen and oxygen atoms in total. The van der Waals surface area contributed by atoms with Crippen molar-refractivity contribution in [2.75, 3.05) is 39.5 Å². The zero-order valence-electron chi connectivity index (χ0n) is 13.4. The molecule has 1 saturated carbocycles. The lowest BCUT2D eigenvalue weighted by atomic mass is 9.54. The summed E-state index contributed by atoms with van der Waals surface area (Å²) in [4.78, 5) is 2.39. The summed E-state index contributed by atoms with van der Waals surface area (Å²) in [5.41, 5.74) is 6.52. The van der Waals surface area contributed by atoms with Gasteiger partial charge in [-0.25, -0.2) is 0 Å². The fraction of sp³-hybridized carbons (Fsp3) is 1.00. The summed E-state index contributed by atoms with van der Waals surface area (Å²) in [5.74, 6) is 0. The van der Waals surface area contributed by atoms with Crippen LogP contribution in [0.2, 0.25) is 0 Å². The topological polar surface area (TPSA) is 47.7 Å². The molecule has 2 unspecified atom stereocenters. The second-order valence-electron chi connectivity index (χ2n) is 6.09. The summed E-state index contributed by atoms with van der Waals surface area (Å²) >= 11 is 0. The summed E-state index contributed by atoms with van der Waals surface area (Å²) in [7, 11) is 0. The minimum absolute atomic E-state index is 0.0437. The lowest BCUT2D eigenvalue weighted by molar-refractivity contribution is -0.156. The summed E-state index contributed by atoms with van der Waals surface area (Å²) in [6.45, 7) is 16.0. The van der Waals surface area contributed by atoms with E-state index in [2.05, 4.69) is 25.7 Å². The van der Waals surface area contributed by atoms with E-state index in [-0.39, 0.29) is 11.0 Å². The molecular formula is C15H32N2O2. The number of ether oxygens (including phenoxy) is 2. The van der Waals surface area contributed by atoms with Crippen LogP contribution in [0.5, 0.6) is 0 Å². The first kappa shape index (κ1) is 16.9. The Hall–Kier alpha value is -0.160. The molecule has 0 heterocycles. The number of nitrogens with two attached hydrogens (primary N) is 1. The van der Waals surface area contributed by atoms with Gasteiger partial charge in [0.15, 0.2) is 0 Å². The van der Waals surface area contributed by atoms with Crippen LogP contribution in [0.4, 0.5) is 0 Å². The number of likely N-dealkylation sites (N-methyl/N-ethyl adjacent to an activating group) is 1. The largest absolute Gasteiger partial charge is 0.380 e. The van der Waals surface area contributed by atoms with Crippen LogP contribution in [-0.4, -0.2) is 56.0 Å². The Morgan fingerprint density at radius 1 is 1.21 bits per heavy atom. The maximum Gasteiger partial charge on any atom is 0.0662 e. The third kappa shape index (κ3) is 3.69. The summed E-state index contributed by atoms with van der Waals surface area (Å²) in [6.07, 6.45) is 1.26. The van der Waals surface area contributed by atoms with Crippen LogP contribution in [0.1, 0.15) is 41.0 Å². The molecule has 0 saturated heterocycles. The fourth-order valence-corrected chi connectivity index (χ4v) is 2.86. The lowest BCUT2D eigenvalue weighted by Gasteiger charge is -2.60. The Morgan fingerprint density at radius 3 is 2.37 bits per heavy atom. The molecule has 0 bridgehead atoms. The molecule has 0 aliphatic heterocycles. The molecule has 2 N–H and O–H groups in total. The lowest BCUT2D eigenvalue weighted by Crippen LogP contribution is -2.73. The van der Waals surface area contributed by atoms with Crippen LogP contribution < -0.4 is 5.73 Å². The third-order valence-corrected chi connectivity index (χ3v) is 4.71. The molecule has 0 aromatic rings. The zero-order valence-corrected chi connectivity index (χ0v) is 13.4. The van der Waals surface area contributed by atoms with Gasteiger partial charge in [0.05, 0.1) is 12.7 Å². The van der Waals surface area contributed by atoms with Gasteiger partial charge in [-0.15, -0.1) is 0 Å². The predicted molar refractivity (Wildman–Crippen MR) is 79.3 cm³/mol. The smallest absolute Gasteiger partial charge is 0.0662 e. The number of hydrogen-bond donors (Lipinski definition) is 1. The van der Waals surface area contributed by atoms with Crippen LogP contribution in [-0.2, 0) is 9.47 Å². The van der Waals surface area contributed by atoms with Gasteiger partial charge in [0.25, 0.3) is 0 Å². The highest BCUT2D eigenvalue weighted by molar-refractivity contribution is 5.14. The van der Waals surface area contributed by atoms with Crippen LogP contribution in [0.15, 0.2) is 0 Å². The number of nitrogens with zero attached hydrogens (tertiary/aromatic N) is 1. The Kier molecular flexibility index (Phi) is 6.24. The van der Waals surface area contributed by atoms with Gasteiger partial charge in [-0.3, -0.25) is 4.90 Å². The van der Waals surface area contributed by atoms with Crippen LogP contribution in [0.25, 0.3) is 0 Å². The second kappa shape index (κ2) is 7.02. The van der Waals surface area contributed by atoms with Crippen molar-refractivity contribution in [3.8, 4) is 0 Å². The molecule has 0 spiro atoms. The van der Waals surface area contributed by atoms with E-state index < -0.39 is 0 Å². The standard InChI is InChI=1S/C15H32N2O2/c1-6-17(9-10-18-7-2)12-15(16)11-13(19-8-3)14(15,4)5/h13H,6-12,16H2,1-5H3. The molecule has 0 aromatic carbocycles. The first-order chi connectivity index (χ1) is 8.91. The molecule has 19 heavy (non-hydrogen) atoms. The third-order valence-electron chi connectivity index (χ3n) is 4.71. The molecule has 114 valence electrons. The normalized spacial score (nSPS) is 29.5. The summed E-state index contributed by atoms with van der Waals surface area (Å²) < 4.78 is 11.2. The summed E-state index contributed by atoms with van der Waals surface area (Å²) in [5, 5.41) is 0. The van der Waals surface area contributed by atoms with E-state index in [9.17, 15) is 0 Å². The van der Waals surface area contributed by atoms with Crippen molar-refractivity contribution < 1.29 is 9.47 Å². The SMILES string of the molecule is CCOCCN(CC)CC1(N)CC(OCC)C1(C)C. The highest BCUT2D eigenvalue weighted by Gasteiger charge is 2.58. The highest BCUT2D eigenvalue weighted by atomic mass is 16.5. The minimum atomic E-state index is -0.144. The first-order valence-electron chi connectivity index (χ1n) is 7.61. The monoisotopic (exact) mass is 272 g/mol. The van der Waals surface area contributed by atoms with E-state index in [1.54, 1.807) is 0 Å². The van der Waals surface area contributed by atoms with Crippen molar-refractivity contribution in [3.05, 3.63) is 0 Å². The maximum atomic E-state index is 6.62. The zero-order chi connectivity index (χ0) is 14.5. The van der Waals surface area contributed by atoms with Gasteiger partial charge in [-0.1, -0.05) is 20.8 Å².